The summed E-state index contributed by atoms with van der Waals surface area (Å²) in [6, 6.07) is 17.5. The van der Waals surface area contributed by atoms with E-state index in [2.05, 4.69) is 10.9 Å². The van der Waals surface area contributed by atoms with Crippen LogP contribution in [-0.2, 0) is 9.59 Å². The van der Waals surface area contributed by atoms with Crippen molar-refractivity contribution in [3.63, 3.8) is 0 Å². The van der Waals surface area contributed by atoms with Crippen molar-refractivity contribution in [3.05, 3.63) is 72.3 Å². The topological polar surface area (TPSA) is 78.4 Å². The van der Waals surface area contributed by atoms with E-state index in [1.54, 1.807) is 42.5 Å². The van der Waals surface area contributed by atoms with Gasteiger partial charge in [0.15, 0.2) is 0 Å². The Kier molecular flexibility index (Phi) is 4.71. The number of carbonyl (C=O) groups is 2. The molecular formula is C16H14N2O3. The predicted octanol–water partition coefficient (Wildman–Crippen LogP) is 2.30. The lowest BCUT2D eigenvalue weighted by atomic mass is 10.1. The standard InChI is InChI=1S/C16H14N2O3/c19-15(18-17-13-9-5-2-6-10-13)11-14(16(20)21)12-7-3-1-4-8-12/h1-11,17H,(H,18,19)(H,20,21)/b14-11+. The number of hydrazine groups is 1. The van der Waals surface area contributed by atoms with Gasteiger partial charge in [0, 0.05) is 6.08 Å². The van der Waals surface area contributed by atoms with E-state index >= 15 is 0 Å². The summed E-state index contributed by atoms with van der Waals surface area (Å²) in [4.78, 5) is 23.0. The van der Waals surface area contributed by atoms with E-state index < -0.39 is 11.9 Å². The van der Waals surface area contributed by atoms with Crippen LogP contribution < -0.4 is 10.9 Å². The first-order valence-electron chi connectivity index (χ1n) is 6.28. The average Bonchev–Trinajstić information content (AvgIpc) is 2.52. The van der Waals surface area contributed by atoms with Crippen LogP contribution in [0.5, 0.6) is 0 Å². The second-order valence-electron chi connectivity index (χ2n) is 4.21. The molecule has 0 aliphatic rings. The predicted molar refractivity (Wildman–Crippen MR) is 80.3 cm³/mol. The molecule has 2 aromatic rings. The van der Waals surface area contributed by atoms with Crippen LogP contribution in [0.2, 0.25) is 0 Å². The zero-order valence-electron chi connectivity index (χ0n) is 11.1. The molecule has 0 atom stereocenters. The molecule has 21 heavy (non-hydrogen) atoms. The van der Waals surface area contributed by atoms with Gasteiger partial charge in [0.25, 0.3) is 5.91 Å². The molecule has 0 saturated carbocycles. The highest BCUT2D eigenvalue weighted by Crippen LogP contribution is 2.13. The molecule has 0 heterocycles. The van der Waals surface area contributed by atoms with Gasteiger partial charge in [-0.05, 0) is 17.7 Å². The second-order valence-corrected chi connectivity index (χ2v) is 4.21. The number of hydrogen-bond donors (Lipinski definition) is 3. The first kappa shape index (κ1) is 14.3. The van der Waals surface area contributed by atoms with E-state index in [0.717, 1.165) is 6.08 Å². The zero-order valence-corrected chi connectivity index (χ0v) is 11.1. The number of carboxylic acid groups (broad SMARTS) is 1. The quantitative estimate of drug-likeness (QED) is 0.581. The van der Waals surface area contributed by atoms with Gasteiger partial charge in [0.05, 0.1) is 11.3 Å². The van der Waals surface area contributed by atoms with Gasteiger partial charge in [0.1, 0.15) is 0 Å². The van der Waals surface area contributed by atoms with Gasteiger partial charge < -0.3 is 5.11 Å². The highest BCUT2D eigenvalue weighted by molar-refractivity contribution is 6.20. The van der Waals surface area contributed by atoms with Crippen LogP contribution in [-0.4, -0.2) is 17.0 Å². The van der Waals surface area contributed by atoms with E-state index in [9.17, 15) is 14.7 Å². The SMILES string of the molecule is O=C(/C=C(/C(=O)O)c1ccccc1)NNc1ccccc1. The maximum absolute atomic E-state index is 11.8. The Labute approximate surface area is 121 Å². The molecule has 2 aromatic carbocycles. The molecule has 0 radical (unpaired) electrons. The number of benzene rings is 2. The summed E-state index contributed by atoms with van der Waals surface area (Å²) < 4.78 is 0. The van der Waals surface area contributed by atoms with Crippen molar-refractivity contribution >= 4 is 23.1 Å². The van der Waals surface area contributed by atoms with Crippen LogP contribution in [0, 0.1) is 0 Å². The monoisotopic (exact) mass is 282 g/mol. The number of amides is 1. The molecule has 0 fully saturated rings. The summed E-state index contributed by atoms with van der Waals surface area (Å²) in [6.45, 7) is 0. The van der Waals surface area contributed by atoms with E-state index in [0.29, 0.717) is 11.3 Å². The van der Waals surface area contributed by atoms with Crippen molar-refractivity contribution in [1.82, 2.24) is 5.43 Å². The maximum Gasteiger partial charge on any atom is 0.336 e. The summed E-state index contributed by atoms with van der Waals surface area (Å²) in [5, 5.41) is 9.19. The van der Waals surface area contributed by atoms with Crippen LogP contribution in [0.3, 0.4) is 0 Å². The molecule has 5 heteroatoms. The summed E-state index contributed by atoms with van der Waals surface area (Å²) in [6.07, 6.45) is 1.05. The van der Waals surface area contributed by atoms with Gasteiger partial charge in [0.2, 0.25) is 0 Å². The minimum absolute atomic E-state index is 0.0667. The third-order valence-corrected chi connectivity index (χ3v) is 2.69. The molecule has 0 bridgehead atoms. The Balaban J connectivity index is 2.08. The normalized spacial score (nSPS) is 10.8. The largest absolute Gasteiger partial charge is 0.478 e. The molecule has 0 aliphatic heterocycles. The van der Waals surface area contributed by atoms with Crippen molar-refractivity contribution in [3.8, 4) is 0 Å². The third-order valence-electron chi connectivity index (χ3n) is 2.69. The molecular weight excluding hydrogens is 268 g/mol. The maximum atomic E-state index is 11.8. The molecule has 1 amide bonds. The second kappa shape index (κ2) is 6.91. The molecule has 106 valence electrons. The third kappa shape index (κ3) is 4.21. The fourth-order valence-electron chi connectivity index (χ4n) is 1.71. The van der Waals surface area contributed by atoms with Crippen molar-refractivity contribution in [1.29, 1.82) is 0 Å². The summed E-state index contributed by atoms with van der Waals surface area (Å²) in [7, 11) is 0. The average molecular weight is 282 g/mol. The summed E-state index contributed by atoms with van der Waals surface area (Å²) >= 11 is 0. The fraction of sp³-hybridized carbons (Fsp3) is 0. The number of aliphatic carboxylic acids is 1. The van der Waals surface area contributed by atoms with E-state index in [4.69, 9.17) is 0 Å². The number of carbonyl (C=O) groups excluding carboxylic acids is 1. The molecule has 0 saturated heterocycles. The van der Waals surface area contributed by atoms with Crippen molar-refractivity contribution in [2.75, 3.05) is 5.43 Å². The zero-order chi connectivity index (χ0) is 15.1. The van der Waals surface area contributed by atoms with Crippen molar-refractivity contribution in [2.24, 2.45) is 0 Å². The van der Waals surface area contributed by atoms with Gasteiger partial charge in [-0.15, -0.1) is 0 Å². The number of para-hydroxylation sites is 1. The Morgan fingerprint density at radius 3 is 2.05 bits per heavy atom. The first-order chi connectivity index (χ1) is 10.2. The Morgan fingerprint density at radius 2 is 1.48 bits per heavy atom. The minimum Gasteiger partial charge on any atom is -0.478 e. The Bertz CT molecular complexity index is 652. The van der Waals surface area contributed by atoms with Crippen LogP contribution in [0.1, 0.15) is 5.56 Å². The van der Waals surface area contributed by atoms with Crippen LogP contribution >= 0.6 is 0 Å². The molecule has 0 aliphatic carbocycles. The Hall–Kier alpha value is -3.08. The lowest BCUT2D eigenvalue weighted by Crippen LogP contribution is -2.28. The van der Waals surface area contributed by atoms with Crippen LogP contribution in [0.15, 0.2) is 66.7 Å². The van der Waals surface area contributed by atoms with E-state index in [-0.39, 0.29) is 5.57 Å². The molecule has 0 unspecified atom stereocenters. The number of nitrogens with one attached hydrogen (secondary N) is 2. The summed E-state index contributed by atoms with van der Waals surface area (Å²) in [5.41, 5.74) is 6.24. The highest BCUT2D eigenvalue weighted by Gasteiger charge is 2.12. The molecule has 3 N–H and O–H groups in total. The van der Waals surface area contributed by atoms with Crippen molar-refractivity contribution < 1.29 is 14.7 Å². The lowest BCUT2D eigenvalue weighted by Gasteiger charge is -2.07. The van der Waals surface area contributed by atoms with Gasteiger partial charge in [-0.3, -0.25) is 15.6 Å². The fourth-order valence-corrected chi connectivity index (χ4v) is 1.71. The molecule has 0 aromatic heterocycles. The van der Waals surface area contributed by atoms with E-state index in [1.165, 1.54) is 0 Å². The number of carboxylic acids is 1. The van der Waals surface area contributed by atoms with Crippen LogP contribution in [0.25, 0.3) is 5.57 Å². The Morgan fingerprint density at radius 1 is 0.905 bits per heavy atom. The van der Waals surface area contributed by atoms with Gasteiger partial charge >= 0.3 is 5.97 Å². The first-order valence-corrected chi connectivity index (χ1v) is 6.28. The van der Waals surface area contributed by atoms with Gasteiger partial charge in [-0.1, -0.05) is 48.5 Å². The molecule has 5 nitrogen and oxygen atoms in total. The minimum atomic E-state index is -1.16. The number of rotatable bonds is 5. The summed E-state index contributed by atoms with van der Waals surface area (Å²) in [5.74, 6) is -1.70. The number of hydrogen-bond acceptors (Lipinski definition) is 3. The van der Waals surface area contributed by atoms with E-state index in [1.807, 2.05) is 18.2 Å². The lowest BCUT2D eigenvalue weighted by molar-refractivity contribution is -0.130. The smallest absolute Gasteiger partial charge is 0.336 e. The molecule has 0 spiro atoms. The van der Waals surface area contributed by atoms with Crippen LogP contribution in [0.4, 0.5) is 5.69 Å². The molecule has 2 rings (SSSR count). The number of anilines is 1. The van der Waals surface area contributed by atoms with Gasteiger partial charge in [-0.2, -0.15) is 0 Å². The van der Waals surface area contributed by atoms with Gasteiger partial charge in [-0.25, -0.2) is 4.79 Å². The van der Waals surface area contributed by atoms with Crippen molar-refractivity contribution in [2.45, 2.75) is 0 Å². The highest BCUT2D eigenvalue weighted by atomic mass is 16.4.